The molecule has 2 aliphatic rings. The van der Waals surface area contributed by atoms with Crippen molar-refractivity contribution >= 4 is 22.7 Å². The van der Waals surface area contributed by atoms with Gasteiger partial charge in [0.05, 0.1) is 6.61 Å². The standard InChI is InChI=1S/C37H32O6/c1-6-33(38)41-18-8-10-27-12-15-30(24(3)22-27)36-35-31-16-13-28(11-9-19-42-34(39)7-2)23-29(31)14-17-32(35)40-20-21-43-37(36)25(4)26(37)5/h6-7,12-17,22-23,26,36H,1-2,4,18-21H2,3,5H3/t26?,36-,37?/m1/s1. The lowest BCUT2D eigenvalue weighted by Crippen LogP contribution is -2.33. The molecule has 43 heavy (non-hydrogen) atoms. The van der Waals surface area contributed by atoms with Crippen LogP contribution < -0.4 is 4.74 Å². The first-order valence-corrected chi connectivity index (χ1v) is 14.0. The maximum Gasteiger partial charge on any atom is 0.331 e. The van der Waals surface area contributed by atoms with E-state index in [4.69, 9.17) is 18.9 Å². The Balaban J connectivity index is 1.58. The van der Waals surface area contributed by atoms with Crippen LogP contribution in [-0.4, -0.2) is 44.0 Å². The molecule has 3 aromatic carbocycles. The molecule has 3 atom stereocenters. The van der Waals surface area contributed by atoms with Gasteiger partial charge in [0, 0.05) is 40.7 Å². The number of hydrogen-bond donors (Lipinski definition) is 0. The molecule has 1 aliphatic carbocycles. The second kappa shape index (κ2) is 12.4. The lowest BCUT2D eigenvalue weighted by molar-refractivity contribution is -0.137. The molecular formula is C37H32O6. The van der Waals surface area contributed by atoms with Gasteiger partial charge in [0.2, 0.25) is 0 Å². The predicted octanol–water partition coefficient (Wildman–Crippen LogP) is 5.80. The third-order valence-corrected chi connectivity index (χ3v) is 7.96. The first-order valence-electron chi connectivity index (χ1n) is 14.0. The van der Waals surface area contributed by atoms with Crippen LogP contribution in [0.25, 0.3) is 10.8 Å². The third kappa shape index (κ3) is 5.84. The van der Waals surface area contributed by atoms with Crippen molar-refractivity contribution in [2.75, 3.05) is 26.4 Å². The molecule has 1 spiro atoms. The topological polar surface area (TPSA) is 71.1 Å². The maximum absolute atomic E-state index is 11.3. The number of fused-ring (bicyclic) bond motifs is 3. The van der Waals surface area contributed by atoms with E-state index in [1.807, 2.05) is 36.4 Å². The molecule has 0 aromatic heterocycles. The number of carbonyl (C=O) groups is 2. The average molecular weight is 573 g/mol. The first kappa shape index (κ1) is 29.5. The number of carbonyl (C=O) groups excluding carboxylic acids is 2. The molecule has 1 aliphatic heterocycles. The van der Waals surface area contributed by atoms with E-state index in [1.165, 1.54) is 0 Å². The molecule has 0 N–H and O–H groups in total. The highest BCUT2D eigenvalue weighted by Crippen LogP contribution is 2.64. The smallest absolute Gasteiger partial charge is 0.331 e. The lowest BCUT2D eigenvalue weighted by atomic mass is 9.78. The Morgan fingerprint density at radius 1 is 0.953 bits per heavy atom. The summed E-state index contributed by atoms with van der Waals surface area (Å²) in [5.41, 5.74) is 5.30. The summed E-state index contributed by atoms with van der Waals surface area (Å²) in [6.07, 6.45) is 2.23. The summed E-state index contributed by atoms with van der Waals surface area (Å²) in [5.74, 6) is 11.7. The molecule has 1 saturated carbocycles. The van der Waals surface area contributed by atoms with Gasteiger partial charge in [-0.15, -0.1) is 0 Å². The average Bonchev–Trinajstić information content (AvgIpc) is 3.53. The molecule has 216 valence electrons. The van der Waals surface area contributed by atoms with E-state index in [-0.39, 0.29) is 25.0 Å². The van der Waals surface area contributed by atoms with Crippen LogP contribution in [-0.2, 0) is 23.8 Å². The number of rotatable bonds is 5. The molecule has 6 nitrogen and oxygen atoms in total. The molecule has 0 radical (unpaired) electrons. The SMILES string of the molecule is C=CC(=O)OCC#Cc1ccc([C@@H]2c3c(ccc4cc(C#CCOC(=O)C=C)ccc34)OCCOC23C(=C)C3C)c(C)c1. The Bertz CT molecular complexity index is 1780. The lowest BCUT2D eigenvalue weighted by Gasteiger charge is -2.34. The van der Waals surface area contributed by atoms with E-state index in [1.54, 1.807) is 0 Å². The number of aryl methyl sites for hydroxylation is 1. The molecule has 1 heterocycles. The van der Waals surface area contributed by atoms with Crippen molar-refractivity contribution in [3.8, 4) is 29.4 Å². The molecular weight excluding hydrogens is 540 g/mol. The van der Waals surface area contributed by atoms with Crippen LogP contribution in [0.1, 0.15) is 40.7 Å². The van der Waals surface area contributed by atoms with Crippen LogP contribution in [0.15, 0.2) is 86.0 Å². The van der Waals surface area contributed by atoms with Crippen molar-refractivity contribution < 1.29 is 28.5 Å². The minimum atomic E-state index is -0.572. The van der Waals surface area contributed by atoms with Gasteiger partial charge in [-0.1, -0.05) is 68.5 Å². The minimum Gasteiger partial charge on any atom is -0.491 e. The van der Waals surface area contributed by atoms with Crippen molar-refractivity contribution in [2.45, 2.75) is 25.4 Å². The van der Waals surface area contributed by atoms with E-state index in [9.17, 15) is 9.59 Å². The van der Waals surface area contributed by atoms with E-state index in [0.29, 0.717) is 13.2 Å². The first-order chi connectivity index (χ1) is 20.8. The molecule has 2 unspecified atom stereocenters. The highest BCUT2D eigenvalue weighted by Gasteiger charge is 2.64. The zero-order valence-electron chi connectivity index (χ0n) is 24.3. The van der Waals surface area contributed by atoms with Crippen LogP contribution in [0.5, 0.6) is 5.75 Å². The number of benzene rings is 3. The Labute approximate surface area is 252 Å². The second-order valence-corrected chi connectivity index (χ2v) is 10.4. The van der Waals surface area contributed by atoms with Crippen LogP contribution in [0.2, 0.25) is 0 Å². The summed E-state index contributed by atoms with van der Waals surface area (Å²) in [6, 6.07) is 16.2. The monoisotopic (exact) mass is 572 g/mol. The van der Waals surface area contributed by atoms with Crippen LogP contribution >= 0.6 is 0 Å². The molecule has 0 saturated heterocycles. The molecule has 0 bridgehead atoms. The fourth-order valence-corrected chi connectivity index (χ4v) is 5.77. The van der Waals surface area contributed by atoms with Gasteiger partial charge >= 0.3 is 11.9 Å². The van der Waals surface area contributed by atoms with Gasteiger partial charge in [-0.3, -0.25) is 0 Å². The number of ether oxygens (including phenoxy) is 4. The highest BCUT2D eigenvalue weighted by atomic mass is 16.5. The molecule has 0 amide bonds. The fraction of sp³-hybridized carbons (Fsp3) is 0.243. The van der Waals surface area contributed by atoms with Crippen LogP contribution in [0, 0.1) is 36.5 Å². The quantitative estimate of drug-likeness (QED) is 0.167. The fourth-order valence-electron chi connectivity index (χ4n) is 5.77. The van der Waals surface area contributed by atoms with Gasteiger partial charge in [-0.05, 0) is 64.7 Å². The summed E-state index contributed by atoms with van der Waals surface area (Å²) < 4.78 is 22.8. The third-order valence-electron chi connectivity index (χ3n) is 7.96. The van der Waals surface area contributed by atoms with Crippen LogP contribution in [0.3, 0.4) is 0 Å². The van der Waals surface area contributed by atoms with E-state index >= 15 is 0 Å². The number of esters is 2. The van der Waals surface area contributed by atoms with Crippen molar-refractivity contribution in [3.63, 3.8) is 0 Å². The van der Waals surface area contributed by atoms with Crippen LogP contribution in [0.4, 0.5) is 0 Å². The largest absolute Gasteiger partial charge is 0.491 e. The van der Waals surface area contributed by atoms with Gasteiger partial charge in [-0.25, -0.2) is 9.59 Å². The van der Waals surface area contributed by atoms with E-state index in [0.717, 1.165) is 62.1 Å². The molecule has 6 heteroatoms. The summed E-state index contributed by atoms with van der Waals surface area (Å²) in [6.45, 7) is 16.3. The Kier molecular flexibility index (Phi) is 8.53. The predicted molar refractivity (Wildman–Crippen MR) is 166 cm³/mol. The zero-order valence-corrected chi connectivity index (χ0v) is 24.3. The summed E-state index contributed by atoms with van der Waals surface area (Å²) in [5, 5.41) is 2.04. The minimum absolute atomic E-state index is 0.00833. The van der Waals surface area contributed by atoms with Crippen molar-refractivity contribution in [2.24, 2.45) is 5.92 Å². The normalized spacial score (nSPS) is 20.1. The Hall–Kier alpha value is -5.04. The van der Waals surface area contributed by atoms with Gasteiger partial charge in [0.1, 0.15) is 18.0 Å². The van der Waals surface area contributed by atoms with Gasteiger partial charge in [0.15, 0.2) is 13.2 Å². The van der Waals surface area contributed by atoms with Gasteiger partial charge in [-0.2, -0.15) is 0 Å². The zero-order chi connectivity index (χ0) is 30.6. The molecule has 3 aromatic rings. The Morgan fingerprint density at radius 3 is 2.19 bits per heavy atom. The maximum atomic E-state index is 11.3. The van der Waals surface area contributed by atoms with Crippen molar-refractivity contribution in [1.29, 1.82) is 0 Å². The number of hydrogen-bond acceptors (Lipinski definition) is 6. The highest BCUT2D eigenvalue weighted by molar-refractivity contribution is 5.91. The van der Waals surface area contributed by atoms with Gasteiger partial charge in [0.25, 0.3) is 0 Å². The summed E-state index contributed by atoms with van der Waals surface area (Å²) in [7, 11) is 0. The summed E-state index contributed by atoms with van der Waals surface area (Å²) >= 11 is 0. The van der Waals surface area contributed by atoms with Crippen molar-refractivity contribution in [1.82, 2.24) is 0 Å². The van der Waals surface area contributed by atoms with E-state index in [2.05, 4.69) is 69.4 Å². The molecule has 5 rings (SSSR count). The van der Waals surface area contributed by atoms with Crippen molar-refractivity contribution in [3.05, 3.63) is 114 Å². The summed E-state index contributed by atoms with van der Waals surface area (Å²) in [4.78, 5) is 22.6. The van der Waals surface area contributed by atoms with E-state index < -0.39 is 17.5 Å². The van der Waals surface area contributed by atoms with Gasteiger partial charge < -0.3 is 18.9 Å². The second-order valence-electron chi connectivity index (χ2n) is 10.4. The Morgan fingerprint density at radius 2 is 1.58 bits per heavy atom. The molecule has 1 fully saturated rings.